The van der Waals surface area contributed by atoms with Crippen molar-refractivity contribution in [2.75, 3.05) is 133 Å². The molecule has 4 saturated heterocycles. The van der Waals surface area contributed by atoms with Gasteiger partial charge in [-0.05, 0) is 219 Å². The van der Waals surface area contributed by atoms with Crippen molar-refractivity contribution in [2.45, 2.75) is 103 Å². The van der Waals surface area contributed by atoms with E-state index < -0.39 is 0 Å². The molecule has 638 valence electrons. The zero-order chi connectivity index (χ0) is 85.7. The van der Waals surface area contributed by atoms with E-state index in [1.807, 2.05) is 124 Å². The summed E-state index contributed by atoms with van der Waals surface area (Å²) >= 11 is 0. The molecule has 0 bridgehead atoms. The predicted molar refractivity (Wildman–Crippen MR) is 489 cm³/mol. The number of piperazine rings is 4. The number of amides is 8. The first-order valence-electron chi connectivity index (χ1n) is 44.1. The number of pyridine rings is 8. The van der Waals surface area contributed by atoms with Gasteiger partial charge in [0.25, 0.3) is 0 Å². The molecule has 24 heteroatoms. The van der Waals surface area contributed by atoms with Gasteiger partial charge in [-0.15, -0.1) is 0 Å². The van der Waals surface area contributed by atoms with Crippen molar-refractivity contribution in [3.63, 3.8) is 0 Å². The molecule has 4 aliphatic heterocycles. The third-order valence-electron chi connectivity index (χ3n) is 25.7. The Morgan fingerprint density at radius 3 is 0.896 bits per heavy atom. The van der Waals surface area contributed by atoms with Gasteiger partial charge in [0.05, 0.1) is 82.6 Å². The number of rotatable bonds is 8. The number of hydrogen-bond donors (Lipinski definition) is 3. The molecular formula is C101H110N20O4. The number of hydrogen-bond acceptors (Lipinski definition) is 16. The van der Waals surface area contributed by atoms with Crippen LogP contribution in [0.15, 0.2) is 244 Å². The molecule has 8 amide bonds. The highest BCUT2D eigenvalue weighted by atomic mass is 16.2. The summed E-state index contributed by atoms with van der Waals surface area (Å²) in [6.45, 7) is 20.6. The topological polar surface area (TPSA) is 237 Å². The van der Waals surface area contributed by atoms with E-state index in [0.29, 0.717) is 58.2 Å². The van der Waals surface area contributed by atoms with Gasteiger partial charge in [0.1, 0.15) is 5.82 Å². The highest BCUT2D eigenvalue weighted by Crippen LogP contribution is 2.42. The second-order valence-corrected chi connectivity index (χ2v) is 33.7. The lowest BCUT2D eigenvalue weighted by Crippen LogP contribution is -2.53. The maximum absolute atomic E-state index is 13.1. The summed E-state index contributed by atoms with van der Waals surface area (Å²) in [5.74, 6) is 0.584. The average molecular weight is 1670 g/mol. The van der Waals surface area contributed by atoms with Crippen LogP contribution in [-0.2, 0) is 51.4 Å². The van der Waals surface area contributed by atoms with E-state index in [-0.39, 0.29) is 48.3 Å². The zero-order valence-corrected chi connectivity index (χ0v) is 72.1. The molecule has 3 unspecified atom stereocenters. The van der Waals surface area contributed by atoms with Gasteiger partial charge in [-0.1, -0.05) is 125 Å². The van der Waals surface area contributed by atoms with Crippen molar-refractivity contribution >= 4 is 47.0 Å². The molecule has 0 saturated carbocycles. The van der Waals surface area contributed by atoms with Crippen molar-refractivity contribution in [2.24, 2.45) is 0 Å². The zero-order valence-electron chi connectivity index (χ0n) is 72.1. The largest absolute Gasteiger partial charge is 0.324 e. The lowest BCUT2D eigenvalue weighted by atomic mass is 9.94. The van der Waals surface area contributed by atoms with E-state index in [9.17, 15) is 19.2 Å². The van der Waals surface area contributed by atoms with Crippen molar-refractivity contribution in [3.05, 3.63) is 356 Å². The number of nitrogens with zero attached hydrogens (tertiary/aromatic N) is 17. The molecule has 12 heterocycles. The van der Waals surface area contributed by atoms with E-state index in [1.54, 1.807) is 54.3 Å². The molecule has 8 aromatic heterocycles. The number of aromatic nitrogens is 8. The van der Waals surface area contributed by atoms with Crippen LogP contribution in [0.3, 0.4) is 0 Å². The molecule has 0 radical (unpaired) electrons. The molecule has 0 spiro atoms. The number of urea groups is 4. The molecule has 4 aromatic carbocycles. The standard InChI is InChI=1S/C26H29N5O.3C25H27N5O/c1-19-7-10-23-21(17-19)9-8-20-5-3-12-28-24(20)25(23)30-13-15-31(16-14-30)26(32)29(2)22-6-4-11-27-18-22;2*1-18-6-9-22-20(16-18)8-7-19-4-2-11-27-23(19)24(22)29-12-14-30(15-13-29)25(31)28-21-5-3-10-26-17-21;1-18-7-10-21-20(17-18)9-8-19-5-4-12-27-23(19)24(21)29-13-15-30(16-14-29)25(31)28-22-6-2-3-11-26-22/h3-7,10-12,17-18,25H,8-9,13-16H2,1-2H3;2*2-6,9-11,16-17,24H,7-8,12-15H2,1H3,(H,28,31);2-7,10-12,17,24H,8-9,13-16H2,1H3,(H,26,28,31)/t;24-;;/m.1../s1. The van der Waals surface area contributed by atoms with Crippen LogP contribution < -0.4 is 20.9 Å². The molecule has 4 aliphatic carbocycles. The summed E-state index contributed by atoms with van der Waals surface area (Å²) in [4.78, 5) is 106. The molecule has 3 N–H and O–H groups in total. The molecule has 20 rings (SSSR count). The summed E-state index contributed by atoms with van der Waals surface area (Å²) in [6.07, 6.45) is 27.7. The van der Waals surface area contributed by atoms with E-state index in [4.69, 9.17) is 19.9 Å². The fraction of sp³-hybridized carbons (Fsp3) is 0.327. The SMILES string of the molecule is Cc1ccc2c(c1)CCc1cccnc1C2N1CCN(C(=O)N(C)c2cccnc2)CC1.Cc1ccc2c(c1)CCc1cccnc1C2N1CCN(C(=O)Nc2ccccn2)CC1.Cc1ccc2c(c1)CCc1cccnc1C2N1CCN(C(=O)Nc2cccnc2)CC1.Cc1ccc2c(c1)CCc1cccnc1[C@@H]2N1CCN(C(=O)Nc2cccnc2)CC1. The molecule has 8 aliphatic rings. The fourth-order valence-corrected chi connectivity index (χ4v) is 19.1. The Morgan fingerprint density at radius 1 is 0.296 bits per heavy atom. The molecule has 24 nitrogen and oxygen atoms in total. The smallest absolute Gasteiger partial charge is 0.322 e. The van der Waals surface area contributed by atoms with Crippen molar-refractivity contribution < 1.29 is 19.2 Å². The minimum Gasteiger partial charge on any atom is -0.322 e. The van der Waals surface area contributed by atoms with Crippen LogP contribution in [0.1, 0.15) is 136 Å². The van der Waals surface area contributed by atoms with Gasteiger partial charge >= 0.3 is 24.1 Å². The first-order valence-corrected chi connectivity index (χ1v) is 44.1. The monoisotopic (exact) mass is 1670 g/mol. The van der Waals surface area contributed by atoms with Gasteiger partial charge in [-0.3, -0.25) is 64.7 Å². The summed E-state index contributed by atoms with van der Waals surface area (Å²) < 4.78 is 0. The number of fused-ring (bicyclic) bond motifs is 8. The molecule has 4 fully saturated rings. The Kier molecular flexibility index (Phi) is 26.4. The van der Waals surface area contributed by atoms with Gasteiger partial charge in [0, 0.05) is 161 Å². The highest BCUT2D eigenvalue weighted by molar-refractivity contribution is 5.92. The van der Waals surface area contributed by atoms with Crippen LogP contribution in [0.5, 0.6) is 0 Å². The van der Waals surface area contributed by atoms with Gasteiger partial charge < -0.3 is 30.2 Å². The second-order valence-electron chi connectivity index (χ2n) is 33.7. The molecule has 4 atom stereocenters. The maximum atomic E-state index is 13.1. The van der Waals surface area contributed by atoms with Gasteiger partial charge in [0.15, 0.2) is 0 Å². The Balaban J connectivity index is 0.000000118. The Morgan fingerprint density at radius 2 is 0.592 bits per heavy atom. The second kappa shape index (κ2) is 39.2. The quantitative estimate of drug-likeness (QED) is 0.128. The van der Waals surface area contributed by atoms with E-state index in [0.717, 1.165) is 126 Å². The van der Waals surface area contributed by atoms with Crippen molar-refractivity contribution in [1.82, 2.24) is 79.1 Å². The summed E-state index contributed by atoms with van der Waals surface area (Å²) in [5, 5.41) is 8.79. The minimum absolute atomic E-state index is 0.0214. The predicted octanol–water partition coefficient (Wildman–Crippen LogP) is 15.3. The third kappa shape index (κ3) is 19.7. The van der Waals surface area contributed by atoms with Crippen molar-refractivity contribution in [1.29, 1.82) is 0 Å². The highest BCUT2D eigenvalue weighted by Gasteiger charge is 2.39. The van der Waals surface area contributed by atoms with Crippen LogP contribution >= 0.6 is 0 Å². The number of benzene rings is 4. The maximum Gasteiger partial charge on any atom is 0.324 e. The Labute approximate surface area is 732 Å². The summed E-state index contributed by atoms with van der Waals surface area (Å²) in [6, 6.07) is 61.3. The van der Waals surface area contributed by atoms with Crippen LogP contribution in [-0.4, -0.2) is 215 Å². The third-order valence-corrected chi connectivity index (χ3v) is 25.7. The van der Waals surface area contributed by atoms with Crippen molar-refractivity contribution in [3.8, 4) is 0 Å². The number of anilines is 4. The summed E-state index contributed by atoms with van der Waals surface area (Å²) in [5.41, 5.74) is 28.5. The minimum atomic E-state index is -0.0891. The lowest BCUT2D eigenvalue weighted by Gasteiger charge is -2.40. The first kappa shape index (κ1) is 84.2. The number of carbonyl (C=O) groups is 4. The van der Waals surface area contributed by atoms with Gasteiger partial charge in [-0.25, -0.2) is 24.2 Å². The first-order chi connectivity index (χ1) is 61.2. The van der Waals surface area contributed by atoms with E-state index in [2.05, 4.69) is 180 Å². The normalized spacial score (nSPS) is 18.6. The lowest BCUT2D eigenvalue weighted by molar-refractivity contribution is 0.122. The summed E-state index contributed by atoms with van der Waals surface area (Å²) in [7, 11) is 1.82. The fourth-order valence-electron chi connectivity index (χ4n) is 19.1. The Bertz CT molecular complexity index is 5330. The van der Waals surface area contributed by atoms with Gasteiger partial charge in [-0.2, -0.15) is 0 Å². The number of carbonyl (C=O) groups excluding carboxylic acids is 4. The molecule has 12 aromatic rings. The van der Waals surface area contributed by atoms with Crippen LogP contribution in [0.2, 0.25) is 0 Å². The molecular weight excluding hydrogens is 1560 g/mol. The average Bonchev–Trinajstić information content (AvgIpc) is 1.56. The van der Waals surface area contributed by atoms with E-state index >= 15 is 0 Å². The van der Waals surface area contributed by atoms with Crippen LogP contribution in [0, 0.1) is 27.7 Å². The van der Waals surface area contributed by atoms with Crippen LogP contribution in [0.4, 0.5) is 42.1 Å². The number of nitrogens with one attached hydrogen (secondary N) is 3. The van der Waals surface area contributed by atoms with E-state index in [1.165, 1.54) is 106 Å². The number of aryl methyl sites for hydroxylation is 12. The Hall–Kier alpha value is -13.0. The van der Waals surface area contributed by atoms with Gasteiger partial charge in [0.2, 0.25) is 0 Å². The van der Waals surface area contributed by atoms with Crippen LogP contribution in [0.25, 0.3) is 0 Å². The molecule has 125 heavy (non-hydrogen) atoms.